The first-order valence-corrected chi connectivity index (χ1v) is 7.85. The number of hydrogen-bond donors (Lipinski definition) is 1. The molecule has 0 fully saturated rings. The Balaban J connectivity index is 1.83. The van der Waals surface area contributed by atoms with Crippen LogP contribution in [0.3, 0.4) is 0 Å². The summed E-state index contributed by atoms with van der Waals surface area (Å²) >= 11 is 6.04. The van der Waals surface area contributed by atoms with Crippen LogP contribution in [0.4, 0.5) is 0 Å². The third-order valence-corrected chi connectivity index (χ3v) is 3.63. The molecule has 0 aliphatic carbocycles. The monoisotopic (exact) mass is 329 g/mol. The van der Waals surface area contributed by atoms with E-state index in [2.05, 4.69) is 5.32 Å². The molecule has 1 amide bonds. The van der Waals surface area contributed by atoms with E-state index in [1.165, 1.54) is 6.08 Å². The fraction of sp³-hybridized carbons (Fsp3) is 0.211. The van der Waals surface area contributed by atoms with Crippen molar-refractivity contribution in [1.82, 2.24) is 5.32 Å². The van der Waals surface area contributed by atoms with E-state index in [9.17, 15) is 4.79 Å². The third-order valence-electron chi connectivity index (χ3n) is 3.29. The van der Waals surface area contributed by atoms with E-state index in [4.69, 9.17) is 16.3 Å². The number of benzene rings is 2. The number of amides is 1. The van der Waals surface area contributed by atoms with E-state index in [-0.39, 0.29) is 11.9 Å². The molecule has 2 aromatic carbocycles. The second-order valence-corrected chi connectivity index (χ2v) is 5.75. The van der Waals surface area contributed by atoms with Crippen molar-refractivity contribution in [2.45, 2.75) is 19.9 Å². The van der Waals surface area contributed by atoms with Crippen LogP contribution < -0.4 is 10.1 Å². The SMILES string of the molecule is Cc1ccccc1OC[C@@H](C)NC(=O)/C=C/c1ccccc1Cl. The molecule has 120 valence electrons. The number of aryl methyl sites for hydroxylation is 1. The van der Waals surface area contributed by atoms with Crippen molar-refractivity contribution in [2.75, 3.05) is 6.61 Å². The fourth-order valence-electron chi connectivity index (χ4n) is 2.04. The van der Waals surface area contributed by atoms with Crippen LogP contribution in [0.15, 0.2) is 54.6 Å². The number of nitrogens with one attached hydrogen (secondary N) is 1. The van der Waals surface area contributed by atoms with Gasteiger partial charge in [0.05, 0.1) is 6.04 Å². The summed E-state index contributed by atoms with van der Waals surface area (Å²) < 4.78 is 5.72. The normalized spacial score (nSPS) is 12.1. The minimum absolute atomic E-state index is 0.0991. The third kappa shape index (κ3) is 5.46. The van der Waals surface area contributed by atoms with Crippen molar-refractivity contribution in [2.24, 2.45) is 0 Å². The molecule has 0 saturated carbocycles. The molecular formula is C19H20ClNO2. The van der Waals surface area contributed by atoms with Gasteiger partial charge in [-0.2, -0.15) is 0 Å². The van der Waals surface area contributed by atoms with Crippen LogP contribution in [0.1, 0.15) is 18.1 Å². The Kier molecular flexibility index (Phi) is 6.24. The van der Waals surface area contributed by atoms with Crippen LogP contribution in [-0.4, -0.2) is 18.6 Å². The highest BCUT2D eigenvalue weighted by Crippen LogP contribution is 2.17. The topological polar surface area (TPSA) is 38.3 Å². The predicted molar refractivity (Wildman–Crippen MR) is 94.8 cm³/mol. The van der Waals surface area contributed by atoms with Crippen molar-refractivity contribution in [3.05, 3.63) is 70.8 Å². The Morgan fingerprint density at radius 3 is 2.65 bits per heavy atom. The van der Waals surface area contributed by atoms with E-state index in [0.29, 0.717) is 11.6 Å². The number of rotatable bonds is 6. The minimum Gasteiger partial charge on any atom is -0.491 e. The molecule has 3 nitrogen and oxygen atoms in total. The zero-order valence-corrected chi connectivity index (χ0v) is 14.0. The highest BCUT2D eigenvalue weighted by molar-refractivity contribution is 6.32. The van der Waals surface area contributed by atoms with Crippen molar-refractivity contribution >= 4 is 23.6 Å². The Hall–Kier alpha value is -2.26. The summed E-state index contributed by atoms with van der Waals surface area (Å²) in [4.78, 5) is 11.9. The summed E-state index contributed by atoms with van der Waals surface area (Å²) in [6.07, 6.45) is 3.18. The standard InChI is InChI=1S/C19H20ClNO2/c1-14-7-3-6-10-18(14)23-13-15(2)21-19(22)12-11-16-8-4-5-9-17(16)20/h3-12,15H,13H2,1-2H3,(H,21,22)/b12-11+/t15-/m1/s1. The second-order valence-electron chi connectivity index (χ2n) is 5.34. The number of halogens is 1. The number of para-hydroxylation sites is 1. The van der Waals surface area contributed by atoms with Crippen LogP contribution in [0, 0.1) is 6.92 Å². The first-order valence-electron chi connectivity index (χ1n) is 7.48. The smallest absolute Gasteiger partial charge is 0.244 e. The molecule has 1 N–H and O–H groups in total. The van der Waals surface area contributed by atoms with Crippen molar-refractivity contribution in [3.8, 4) is 5.75 Å². The van der Waals surface area contributed by atoms with Crippen molar-refractivity contribution in [3.63, 3.8) is 0 Å². The number of hydrogen-bond acceptors (Lipinski definition) is 2. The molecule has 0 spiro atoms. The fourth-order valence-corrected chi connectivity index (χ4v) is 2.24. The van der Waals surface area contributed by atoms with Crippen LogP contribution in [-0.2, 0) is 4.79 Å². The zero-order valence-electron chi connectivity index (χ0n) is 13.3. The molecular weight excluding hydrogens is 310 g/mol. The first-order chi connectivity index (χ1) is 11.1. The number of carbonyl (C=O) groups is 1. The van der Waals surface area contributed by atoms with Gasteiger partial charge < -0.3 is 10.1 Å². The molecule has 0 unspecified atom stereocenters. The highest BCUT2D eigenvalue weighted by Gasteiger charge is 2.07. The van der Waals surface area contributed by atoms with Gasteiger partial charge in [0.25, 0.3) is 0 Å². The molecule has 0 aromatic heterocycles. The Labute approximate surface area is 141 Å². The van der Waals surface area contributed by atoms with Crippen molar-refractivity contribution in [1.29, 1.82) is 0 Å². The summed E-state index contributed by atoms with van der Waals surface area (Å²) in [5, 5.41) is 3.48. The Morgan fingerprint density at radius 1 is 1.22 bits per heavy atom. The van der Waals surface area contributed by atoms with Gasteiger partial charge >= 0.3 is 0 Å². The average molecular weight is 330 g/mol. The van der Waals surface area contributed by atoms with E-state index in [1.807, 2.05) is 56.3 Å². The minimum atomic E-state index is -0.175. The molecule has 0 bridgehead atoms. The highest BCUT2D eigenvalue weighted by atomic mass is 35.5. The maximum absolute atomic E-state index is 11.9. The molecule has 0 aliphatic rings. The van der Waals surface area contributed by atoms with E-state index < -0.39 is 0 Å². The van der Waals surface area contributed by atoms with Gasteiger partial charge in [-0.15, -0.1) is 0 Å². The predicted octanol–water partition coefficient (Wildman–Crippen LogP) is 4.25. The molecule has 2 aromatic rings. The Morgan fingerprint density at radius 2 is 1.91 bits per heavy atom. The average Bonchev–Trinajstić information content (AvgIpc) is 2.53. The molecule has 2 rings (SSSR count). The van der Waals surface area contributed by atoms with Crippen LogP contribution in [0.5, 0.6) is 5.75 Å². The summed E-state index contributed by atoms with van der Waals surface area (Å²) in [7, 11) is 0. The summed E-state index contributed by atoms with van der Waals surface area (Å²) in [5.41, 5.74) is 1.89. The maximum atomic E-state index is 11.9. The quantitative estimate of drug-likeness (QED) is 0.805. The van der Waals surface area contributed by atoms with E-state index in [0.717, 1.165) is 16.9 Å². The van der Waals surface area contributed by atoms with E-state index in [1.54, 1.807) is 12.1 Å². The van der Waals surface area contributed by atoms with Gasteiger partial charge in [-0.3, -0.25) is 4.79 Å². The first kappa shape index (κ1) is 17.1. The van der Waals surface area contributed by atoms with Gasteiger partial charge in [0.1, 0.15) is 12.4 Å². The van der Waals surface area contributed by atoms with Gasteiger partial charge in [0, 0.05) is 11.1 Å². The molecule has 0 aliphatic heterocycles. The summed E-state index contributed by atoms with van der Waals surface area (Å²) in [5.74, 6) is 0.658. The number of ether oxygens (including phenoxy) is 1. The van der Waals surface area contributed by atoms with E-state index >= 15 is 0 Å². The zero-order chi connectivity index (χ0) is 16.7. The Bertz CT molecular complexity index is 697. The lowest BCUT2D eigenvalue weighted by molar-refractivity contribution is -0.117. The molecule has 4 heteroatoms. The number of carbonyl (C=O) groups excluding carboxylic acids is 1. The van der Waals surface area contributed by atoms with Gasteiger partial charge in [-0.1, -0.05) is 48.0 Å². The molecule has 0 radical (unpaired) electrons. The maximum Gasteiger partial charge on any atom is 0.244 e. The summed E-state index contributed by atoms with van der Waals surface area (Å²) in [6, 6.07) is 15.1. The molecule has 0 heterocycles. The van der Waals surface area contributed by atoms with Gasteiger partial charge in [0.15, 0.2) is 0 Å². The van der Waals surface area contributed by atoms with Gasteiger partial charge in [0.2, 0.25) is 5.91 Å². The van der Waals surface area contributed by atoms with Crippen LogP contribution >= 0.6 is 11.6 Å². The van der Waals surface area contributed by atoms with Gasteiger partial charge in [-0.25, -0.2) is 0 Å². The summed E-state index contributed by atoms with van der Waals surface area (Å²) in [6.45, 7) is 4.31. The largest absolute Gasteiger partial charge is 0.491 e. The molecule has 23 heavy (non-hydrogen) atoms. The van der Waals surface area contributed by atoms with Gasteiger partial charge in [-0.05, 0) is 43.2 Å². The van der Waals surface area contributed by atoms with Crippen LogP contribution in [0.2, 0.25) is 5.02 Å². The molecule has 1 atom stereocenters. The lowest BCUT2D eigenvalue weighted by Crippen LogP contribution is -2.35. The van der Waals surface area contributed by atoms with Crippen LogP contribution in [0.25, 0.3) is 6.08 Å². The molecule has 0 saturated heterocycles. The second kappa shape index (κ2) is 8.39. The lowest BCUT2D eigenvalue weighted by atomic mass is 10.2. The lowest BCUT2D eigenvalue weighted by Gasteiger charge is -2.15. The van der Waals surface area contributed by atoms with Crippen molar-refractivity contribution < 1.29 is 9.53 Å².